The van der Waals surface area contributed by atoms with E-state index in [1.165, 1.54) is 0 Å². The number of nitrogens with one attached hydrogen (secondary N) is 1. The summed E-state index contributed by atoms with van der Waals surface area (Å²) < 4.78 is 0. The van der Waals surface area contributed by atoms with Crippen LogP contribution >= 0.6 is 0 Å². The van der Waals surface area contributed by atoms with Crippen molar-refractivity contribution in [2.75, 3.05) is 19.6 Å². The fourth-order valence-electron chi connectivity index (χ4n) is 1.42. The molecule has 8 heteroatoms. The zero-order valence-corrected chi connectivity index (χ0v) is 12.5. The first-order valence-electron chi connectivity index (χ1n) is 6.53. The number of hydrogen-bond donors (Lipinski definition) is 3. The van der Waals surface area contributed by atoms with E-state index in [0.717, 1.165) is 4.90 Å². The van der Waals surface area contributed by atoms with E-state index in [1.54, 1.807) is 20.8 Å². The largest absolute Gasteiger partial charge is 0.480 e. The van der Waals surface area contributed by atoms with E-state index in [2.05, 4.69) is 5.32 Å². The number of aliphatic carboxylic acids is 2. The molecule has 120 valence electrons. The average Bonchev–Trinajstić information content (AvgIpc) is 2.30. The van der Waals surface area contributed by atoms with Gasteiger partial charge in [-0.05, 0) is 6.42 Å². The van der Waals surface area contributed by atoms with Crippen LogP contribution in [0.2, 0.25) is 0 Å². The van der Waals surface area contributed by atoms with E-state index in [4.69, 9.17) is 10.2 Å². The maximum Gasteiger partial charge on any atom is 0.323 e. The molecule has 0 spiro atoms. The molecule has 0 aromatic heterocycles. The highest BCUT2D eigenvalue weighted by atomic mass is 16.4. The Balaban J connectivity index is 4.23. The van der Waals surface area contributed by atoms with E-state index in [0.29, 0.717) is 6.42 Å². The molecule has 0 aromatic carbocycles. The highest BCUT2D eigenvalue weighted by molar-refractivity contribution is 5.85. The Morgan fingerprint density at radius 2 is 1.48 bits per heavy atom. The topological polar surface area (TPSA) is 124 Å². The van der Waals surface area contributed by atoms with Crippen molar-refractivity contribution >= 4 is 23.8 Å². The maximum atomic E-state index is 11.7. The smallest absolute Gasteiger partial charge is 0.323 e. The molecular formula is C13H22N2O6. The number of carbonyl (C=O) groups excluding carboxylic acids is 2. The van der Waals surface area contributed by atoms with Gasteiger partial charge in [-0.25, -0.2) is 0 Å². The lowest BCUT2D eigenvalue weighted by atomic mass is 9.96. The van der Waals surface area contributed by atoms with Crippen molar-refractivity contribution in [1.82, 2.24) is 10.2 Å². The number of rotatable bonds is 8. The fraction of sp³-hybridized carbons (Fsp3) is 0.692. The van der Waals surface area contributed by atoms with Gasteiger partial charge < -0.3 is 20.4 Å². The molecule has 0 aliphatic rings. The number of hydrogen-bond acceptors (Lipinski definition) is 4. The zero-order chi connectivity index (χ0) is 16.6. The van der Waals surface area contributed by atoms with Gasteiger partial charge in [0.25, 0.3) is 0 Å². The molecule has 0 radical (unpaired) electrons. The van der Waals surface area contributed by atoms with Crippen molar-refractivity contribution in [1.29, 1.82) is 0 Å². The molecule has 3 N–H and O–H groups in total. The Morgan fingerprint density at radius 1 is 1.00 bits per heavy atom. The monoisotopic (exact) mass is 302 g/mol. The average molecular weight is 302 g/mol. The van der Waals surface area contributed by atoms with E-state index in [-0.39, 0.29) is 18.9 Å². The van der Waals surface area contributed by atoms with Gasteiger partial charge in [0.1, 0.15) is 13.1 Å². The number of nitrogens with zero attached hydrogens (tertiary/aromatic N) is 1. The number of carboxylic acids is 2. The SMILES string of the molecule is CC(C)(C)C(=O)NCCCC(=O)N(CC(=O)O)CC(=O)O. The third kappa shape index (κ3) is 8.61. The van der Waals surface area contributed by atoms with Gasteiger partial charge in [0.05, 0.1) is 0 Å². The summed E-state index contributed by atoms with van der Waals surface area (Å²) in [5.41, 5.74) is -0.525. The third-order valence-electron chi connectivity index (χ3n) is 2.54. The van der Waals surface area contributed by atoms with Crippen molar-refractivity contribution in [3.63, 3.8) is 0 Å². The van der Waals surface area contributed by atoms with Gasteiger partial charge in [0.15, 0.2) is 0 Å². The molecule has 0 heterocycles. The Bertz CT molecular complexity index is 397. The van der Waals surface area contributed by atoms with Gasteiger partial charge in [-0.2, -0.15) is 0 Å². The van der Waals surface area contributed by atoms with Crippen LogP contribution in [0.4, 0.5) is 0 Å². The molecule has 0 rings (SSSR count). The normalized spacial score (nSPS) is 10.8. The van der Waals surface area contributed by atoms with Gasteiger partial charge in [0, 0.05) is 18.4 Å². The van der Waals surface area contributed by atoms with Gasteiger partial charge in [-0.1, -0.05) is 20.8 Å². The highest BCUT2D eigenvalue weighted by Gasteiger charge is 2.21. The number of carbonyl (C=O) groups is 4. The minimum absolute atomic E-state index is 0.0228. The summed E-state index contributed by atoms with van der Waals surface area (Å²) in [6.45, 7) is 4.24. The summed E-state index contributed by atoms with van der Waals surface area (Å²) in [4.78, 5) is 45.2. The molecule has 0 aromatic rings. The van der Waals surface area contributed by atoms with E-state index in [9.17, 15) is 19.2 Å². The molecule has 0 saturated carbocycles. The summed E-state index contributed by atoms with van der Waals surface area (Å²) >= 11 is 0. The summed E-state index contributed by atoms with van der Waals surface area (Å²) in [5.74, 6) is -3.26. The lowest BCUT2D eigenvalue weighted by molar-refractivity contribution is -0.149. The summed E-state index contributed by atoms with van der Waals surface area (Å²) in [6, 6.07) is 0. The standard InChI is InChI=1S/C13H22N2O6/c1-13(2,3)12(21)14-6-4-5-9(16)15(7-10(17)18)8-11(19)20/h4-8H2,1-3H3,(H,14,21)(H,17,18)(H,19,20). The lowest BCUT2D eigenvalue weighted by Crippen LogP contribution is -2.40. The molecule has 0 atom stereocenters. The molecule has 0 saturated heterocycles. The van der Waals surface area contributed by atoms with Crippen LogP contribution in [-0.4, -0.2) is 58.5 Å². The first-order valence-corrected chi connectivity index (χ1v) is 6.53. The molecule has 0 aliphatic heterocycles. The minimum Gasteiger partial charge on any atom is -0.480 e. The van der Waals surface area contributed by atoms with Crippen LogP contribution in [0.3, 0.4) is 0 Å². The summed E-state index contributed by atoms with van der Waals surface area (Å²) in [5, 5.41) is 19.9. The Morgan fingerprint density at radius 3 is 1.86 bits per heavy atom. The Kier molecular flexibility index (Phi) is 7.40. The van der Waals surface area contributed by atoms with E-state index < -0.39 is 36.4 Å². The minimum atomic E-state index is -1.27. The van der Waals surface area contributed by atoms with Crippen LogP contribution in [0, 0.1) is 5.41 Å². The van der Waals surface area contributed by atoms with Gasteiger partial charge >= 0.3 is 11.9 Å². The molecular weight excluding hydrogens is 280 g/mol. The van der Waals surface area contributed by atoms with Crippen molar-refractivity contribution in [2.24, 2.45) is 5.41 Å². The zero-order valence-electron chi connectivity index (χ0n) is 12.5. The summed E-state index contributed by atoms with van der Waals surface area (Å²) in [6.07, 6.45) is 0.293. The maximum absolute atomic E-state index is 11.7. The van der Waals surface area contributed by atoms with Gasteiger partial charge in [0.2, 0.25) is 11.8 Å². The second-order valence-corrected chi connectivity index (χ2v) is 5.65. The quantitative estimate of drug-likeness (QED) is 0.539. The van der Waals surface area contributed by atoms with Crippen molar-refractivity contribution < 1.29 is 29.4 Å². The molecule has 2 amide bonds. The fourth-order valence-corrected chi connectivity index (χ4v) is 1.42. The Labute approximate surface area is 123 Å². The van der Waals surface area contributed by atoms with Crippen LogP contribution in [0.25, 0.3) is 0 Å². The lowest BCUT2D eigenvalue weighted by Gasteiger charge is -2.19. The molecule has 0 aliphatic carbocycles. The predicted molar refractivity (Wildman–Crippen MR) is 73.6 cm³/mol. The predicted octanol–water partition coefficient (Wildman–Crippen LogP) is -0.0733. The Hall–Kier alpha value is -2.12. The first-order chi connectivity index (χ1) is 9.54. The first kappa shape index (κ1) is 18.9. The highest BCUT2D eigenvalue weighted by Crippen LogP contribution is 2.12. The van der Waals surface area contributed by atoms with E-state index >= 15 is 0 Å². The molecule has 21 heavy (non-hydrogen) atoms. The van der Waals surface area contributed by atoms with Crippen LogP contribution in [-0.2, 0) is 19.2 Å². The second-order valence-electron chi connectivity index (χ2n) is 5.65. The number of carboxylic acid groups (broad SMARTS) is 2. The molecule has 0 bridgehead atoms. The van der Waals surface area contributed by atoms with Crippen LogP contribution < -0.4 is 5.32 Å². The molecule has 0 unspecified atom stereocenters. The third-order valence-corrected chi connectivity index (χ3v) is 2.54. The summed E-state index contributed by atoms with van der Waals surface area (Å²) in [7, 11) is 0. The van der Waals surface area contributed by atoms with Crippen molar-refractivity contribution in [2.45, 2.75) is 33.6 Å². The van der Waals surface area contributed by atoms with Crippen LogP contribution in [0.15, 0.2) is 0 Å². The van der Waals surface area contributed by atoms with Crippen molar-refractivity contribution in [3.8, 4) is 0 Å². The van der Waals surface area contributed by atoms with Gasteiger partial charge in [-0.3, -0.25) is 19.2 Å². The van der Waals surface area contributed by atoms with E-state index in [1.807, 2.05) is 0 Å². The van der Waals surface area contributed by atoms with Crippen molar-refractivity contribution in [3.05, 3.63) is 0 Å². The van der Waals surface area contributed by atoms with Crippen LogP contribution in [0.5, 0.6) is 0 Å². The number of amides is 2. The van der Waals surface area contributed by atoms with Crippen LogP contribution in [0.1, 0.15) is 33.6 Å². The van der Waals surface area contributed by atoms with Gasteiger partial charge in [-0.15, -0.1) is 0 Å². The molecule has 0 fully saturated rings. The molecule has 8 nitrogen and oxygen atoms in total. The second kappa shape index (κ2) is 8.23.